The van der Waals surface area contributed by atoms with E-state index in [-0.39, 0.29) is 17.5 Å². The van der Waals surface area contributed by atoms with Gasteiger partial charge in [-0.05, 0) is 65.2 Å². The van der Waals surface area contributed by atoms with Gasteiger partial charge in [0, 0.05) is 17.5 Å². The quantitative estimate of drug-likeness (QED) is 0.308. The largest absolute Gasteiger partial charge is 0.497 e. The van der Waals surface area contributed by atoms with Crippen LogP contribution < -0.4 is 14.8 Å². The van der Waals surface area contributed by atoms with Crippen molar-refractivity contribution in [1.82, 2.24) is 4.90 Å². The number of hydrogen-bond donors (Lipinski definition) is 1. The number of ketones is 2. The number of benzene rings is 4. The van der Waals surface area contributed by atoms with Crippen molar-refractivity contribution in [2.24, 2.45) is 5.92 Å². The molecule has 0 saturated carbocycles. The van der Waals surface area contributed by atoms with E-state index in [2.05, 4.69) is 5.32 Å². The number of amides is 1. The number of Topliss-reactive ketones (excluding diaryl/α,β-unsaturated/α-hetero) is 2. The summed E-state index contributed by atoms with van der Waals surface area (Å²) in [6.07, 6.45) is 3.81. The van der Waals surface area contributed by atoms with Gasteiger partial charge in [0.1, 0.15) is 23.0 Å². The molecule has 1 fully saturated rings. The Morgan fingerprint density at radius 1 is 0.810 bits per heavy atom. The third kappa shape index (κ3) is 3.49. The van der Waals surface area contributed by atoms with Crippen molar-refractivity contribution >= 4 is 29.2 Å². The van der Waals surface area contributed by atoms with Crippen LogP contribution in [0.4, 0.5) is 5.69 Å². The summed E-state index contributed by atoms with van der Waals surface area (Å²) in [6.45, 7) is 0. The minimum Gasteiger partial charge on any atom is -0.497 e. The molecule has 3 aliphatic rings. The molecule has 1 spiro atoms. The molecule has 0 bridgehead atoms. The Kier molecular flexibility index (Phi) is 5.97. The number of fused-ring (bicyclic) bond motifs is 6. The minimum atomic E-state index is -1.39. The molecule has 7 nitrogen and oxygen atoms in total. The SMILES string of the molecule is COc1ccc(C(=O)[C@@H]2[C@H](C(=O)c3ccccc3OC)N3C=Cc4ccccc4[C@H]3[C@]23C(=O)Nc2ccccc23)cc1. The maximum Gasteiger partial charge on any atom is 0.238 e. The van der Waals surface area contributed by atoms with Crippen LogP contribution in [-0.2, 0) is 10.2 Å². The van der Waals surface area contributed by atoms with Crippen molar-refractivity contribution in [1.29, 1.82) is 0 Å². The van der Waals surface area contributed by atoms with Crippen LogP contribution in [0.15, 0.2) is 103 Å². The molecule has 3 heterocycles. The van der Waals surface area contributed by atoms with Gasteiger partial charge >= 0.3 is 0 Å². The van der Waals surface area contributed by atoms with E-state index in [4.69, 9.17) is 9.47 Å². The fourth-order valence-corrected chi connectivity index (χ4v) is 7.11. The van der Waals surface area contributed by atoms with Gasteiger partial charge in [0.2, 0.25) is 5.91 Å². The Labute approximate surface area is 243 Å². The first-order chi connectivity index (χ1) is 20.5. The first-order valence-corrected chi connectivity index (χ1v) is 13.8. The molecule has 7 heteroatoms. The Bertz CT molecular complexity index is 1780. The van der Waals surface area contributed by atoms with E-state index in [0.717, 1.165) is 11.1 Å². The lowest BCUT2D eigenvalue weighted by molar-refractivity contribution is -0.122. The highest BCUT2D eigenvalue weighted by Crippen LogP contribution is 2.62. The molecule has 1 amide bonds. The highest BCUT2D eigenvalue weighted by molar-refractivity contribution is 6.17. The van der Waals surface area contributed by atoms with Crippen LogP contribution in [-0.4, -0.2) is 42.6 Å². The molecule has 0 aromatic heterocycles. The average Bonchev–Trinajstić information content (AvgIpc) is 3.52. The molecule has 3 aliphatic heterocycles. The maximum atomic E-state index is 14.9. The lowest BCUT2D eigenvalue weighted by Gasteiger charge is -2.38. The Morgan fingerprint density at radius 2 is 1.52 bits per heavy atom. The van der Waals surface area contributed by atoms with Crippen LogP contribution in [0, 0.1) is 5.92 Å². The molecule has 0 aliphatic carbocycles. The Hall–Kier alpha value is -5.17. The number of ether oxygens (including phenoxy) is 2. The lowest BCUT2D eigenvalue weighted by Crippen LogP contribution is -2.49. The molecule has 7 rings (SSSR count). The van der Waals surface area contributed by atoms with Crippen LogP contribution in [0.2, 0.25) is 0 Å². The number of carbonyl (C=O) groups is 3. The number of methoxy groups -OCH3 is 2. The van der Waals surface area contributed by atoms with Crippen molar-refractivity contribution in [3.05, 3.63) is 131 Å². The van der Waals surface area contributed by atoms with E-state index in [1.165, 1.54) is 7.11 Å². The second-order valence-corrected chi connectivity index (χ2v) is 10.7. The zero-order chi connectivity index (χ0) is 29.0. The Morgan fingerprint density at radius 3 is 2.31 bits per heavy atom. The van der Waals surface area contributed by atoms with Crippen LogP contribution in [0.1, 0.15) is 43.4 Å². The van der Waals surface area contributed by atoms with Crippen molar-refractivity contribution in [3.63, 3.8) is 0 Å². The zero-order valence-corrected chi connectivity index (χ0v) is 23.1. The molecular weight excluding hydrogens is 528 g/mol. The van der Waals surface area contributed by atoms with Gasteiger partial charge in [0.05, 0.1) is 31.7 Å². The molecule has 1 saturated heterocycles. The fourth-order valence-electron chi connectivity index (χ4n) is 7.11. The first kappa shape index (κ1) is 25.8. The summed E-state index contributed by atoms with van der Waals surface area (Å²) < 4.78 is 10.9. The summed E-state index contributed by atoms with van der Waals surface area (Å²) in [5, 5.41) is 3.07. The summed E-state index contributed by atoms with van der Waals surface area (Å²) >= 11 is 0. The standard InChI is InChI=1S/C35H28N2O5/c1-41-23-17-15-22(16-18-23)31(38)29-30(32(39)25-11-5-8-14-28(25)42-2)37-20-19-21-9-3-4-10-24(21)33(37)35(29)26-12-6-7-13-27(26)36-34(35)40/h3-20,29-30,33H,1-2H3,(H,36,40)/t29-,30+,33-,35+/m0/s1. The second kappa shape index (κ2) is 9.73. The molecule has 4 atom stereocenters. The van der Waals surface area contributed by atoms with E-state index < -0.39 is 23.4 Å². The summed E-state index contributed by atoms with van der Waals surface area (Å²) in [5.74, 6) is -0.930. The van der Waals surface area contributed by atoms with Gasteiger partial charge in [-0.15, -0.1) is 0 Å². The number of rotatable bonds is 6. The number of nitrogens with zero attached hydrogens (tertiary/aromatic N) is 1. The number of nitrogens with one attached hydrogen (secondary N) is 1. The van der Waals surface area contributed by atoms with Gasteiger partial charge < -0.3 is 19.7 Å². The number of anilines is 1. The van der Waals surface area contributed by atoms with Gasteiger partial charge in [-0.1, -0.05) is 54.6 Å². The molecule has 4 aromatic rings. The molecule has 0 radical (unpaired) electrons. The highest BCUT2D eigenvalue weighted by atomic mass is 16.5. The summed E-state index contributed by atoms with van der Waals surface area (Å²) in [7, 11) is 3.08. The van der Waals surface area contributed by atoms with Crippen molar-refractivity contribution in [3.8, 4) is 11.5 Å². The lowest BCUT2D eigenvalue weighted by atomic mass is 9.62. The molecule has 42 heavy (non-hydrogen) atoms. The summed E-state index contributed by atoms with van der Waals surface area (Å²) in [6, 6.07) is 27.6. The monoisotopic (exact) mass is 556 g/mol. The zero-order valence-electron chi connectivity index (χ0n) is 23.1. The smallest absolute Gasteiger partial charge is 0.238 e. The van der Waals surface area contributed by atoms with E-state index in [0.29, 0.717) is 33.9 Å². The fraction of sp³-hybridized carbons (Fsp3) is 0.171. The van der Waals surface area contributed by atoms with Gasteiger partial charge in [-0.25, -0.2) is 0 Å². The second-order valence-electron chi connectivity index (χ2n) is 10.7. The van der Waals surface area contributed by atoms with Crippen molar-refractivity contribution < 1.29 is 23.9 Å². The van der Waals surface area contributed by atoms with Gasteiger partial charge in [0.25, 0.3) is 0 Å². The Balaban J connectivity index is 1.53. The van der Waals surface area contributed by atoms with Gasteiger partial charge in [0.15, 0.2) is 11.6 Å². The van der Waals surface area contributed by atoms with E-state index in [1.54, 1.807) is 55.6 Å². The number of hydrogen-bond acceptors (Lipinski definition) is 6. The van der Waals surface area contributed by atoms with Gasteiger partial charge in [-0.3, -0.25) is 14.4 Å². The van der Waals surface area contributed by atoms with Crippen molar-refractivity contribution in [2.75, 3.05) is 19.5 Å². The maximum absolute atomic E-state index is 14.9. The summed E-state index contributed by atoms with van der Waals surface area (Å²) in [4.78, 5) is 46.0. The third-order valence-electron chi connectivity index (χ3n) is 8.87. The van der Waals surface area contributed by atoms with Crippen LogP contribution >= 0.6 is 0 Å². The van der Waals surface area contributed by atoms with Crippen LogP contribution in [0.5, 0.6) is 11.5 Å². The topological polar surface area (TPSA) is 84.9 Å². The number of para-hydroxylation sites is 2. The predicted octanol–water partition coefficient (Wildman–Crippen LogP) is 5.69. The van der Waals surface area contributed by atoms with Crippen LogP contribution in [0.25, 0.3) is 6.08 Å². The molecule has 0 unspecified atom stereocenters. The van der Waals surface area contributed by atoms with Crippen LogP contribution in [0.3, 0.4) is 0 Å². The normalized spacial score (nSPS) is 23.1. The summed E-state index contributed by atoms with van der Waals surface area (Å²) in [5.41, 5.74) is 2.53. The van der Waals surface area contributed by atoms with E-state index in [9.17, 15) is 14.4 Å². The molecule has 208 valence electrons. The van der Waals surface area contributed by atoms with E-state index in [1.807, 2.05) is 65.7 Å². The average molecular weight is 557 g/mol. The van der Waals surface area contributed by atoms with E-state index >= 15 is 0 Å². The highest BCUT2D eigenvalue weighted by Gasteiger charge is 2.70. The molecule has 4 aromatic carbocycles. The third-order valence-corrected chi connectivity index (χ3v) is 8.87. The molecule has 1 N–H and O–H groups in total. The van der Waals surface area contributed by atoms with Gasteiger partial charge in [-0.2, -0.15) is 0 Å². The number of carbonyl (C=O) groups excluding carboxylic acids is 3. The predicted molar refractivity (Wildman–Crippen MR) is 159 cm³/mol. The first-order valence-electron chi connectivity index (χ1n) is 13.8. The minimum absolute atomic E-state index is 0.289. The van der Waals surface area contributed by atoms with Crippen molar-refractivity contribution in [2.45, 2.75) is 17.5 Å². The molecular formula is C35H28N2O5.